The van der Waals surface area contributed by atoms with Crippen LogP contribution in [0.2, 0.25) is 0 Å². The van der Waals surface area contributed by atoms with Crippen molar-refractivity contribution in [3.63, 3.8) is 0 Å². The monoisotopic (exact) mass is 765 g/mol. The van der Waals surface area contributed by atoms with E-state index >= 15 is 0 Å². The predicted octanol–water partition coefficient (Wildman–Crippen LogP) is 6.91. The highest BCUT2D eigenvalue weighted by Gasteiger charge is 2.23. The molecule has 0 N–H and O–H groups in total. The van der Waals surface area contributed by atoms with Gasteiger partial charge in [-0.05, 0) is 70.8 Å². The molecule has 0 aliphatic carbocycles. The standard InChI is InChI=1S/C43H47N3O10/c1-49-36-14-5-10-32(22-36)26-45(27-33-11-6-15-37(23-33)50-2)42(56-31-47)30-55-41-19-9-18-40(44-41)53-20-21-54-43(48)46(28-34-12-7-16-38(24-34)51-3)29-35-13-8-17-39(25-35)52-4/h5-19,22-25,31,42H,20-21,26-30H2,1-4H3. The van der Waals surface area contributed by atoms with E-state index in [9.17, 15) is 9.59 Å². The van der Waals surface area contributed by atoms with E-state index in [0.29, 0.717) is 55.6 Å². The Bertz CT molecular complexity index is 1890. The summed E-state index contributed by atoms with van der Waals surface area (Å²) in [6, 6.07) is 35.4. The molecule has 0 bridgehead atoms. The van der Waals surface area contributed by atoms with Gasteiger partial charge in [-0.2, -0.15) is 4.98 Å². The minimum absolute atomic E-state index is 0.0306. The van der Waals surface area contributed by atoms with Crippen LogP contribution in [0.15, 0.2) is 115 Å². The molecule has 56 heavy (non-hydrogen) atoms. The molecule has 0 saturated carbocycles. The number of pyridine rings is 1. The zero-order valence-electron chi connectivity index (χ0n) is 32.0. The van der Waals surface area contributed by atoms with Crippen LogP contribution < -0.4 is 28.4 Å². The van der Waals surface area contributed by atoms with Crippen LogP contribution in [-0.2, 0) is 40.4 Å². The molecule has 1 unspecified atom stereocenters. The van der Waals surface area contributed by atoms with E-state index in [1.807, 2.05) is 102 Å². The average molecular weight is 766 g/mol. The van der Waals surface area contributed by atoms with Gasteiger partial charge in [-0.15, -0.1) is 0 Å². The minimum atomic E-state index is -0.785. The number of amides is 1. The molecule has 0 aliphatic rings. The fourth-order valence-corrected chi connectivity index (χ4v) is 5.81. The molecule has 1 amide bonds. The molecule has 13 nitrogen and oxygen atoms in total. The Morgan fingerprint density at radius 1 is 0.589 bits per heavy atom. The highest BCUT2D eigenvalue weighted by atomic mass is 16.6. The lowest BCUT2D eigenvalue weighted by molar-refractivity contribution is -0.148. The average Bonchev–Trinajstić information content (AvgIpc) is 3.23. The molecule has 294 valence electrons. The summed E-state index contributed by atoms with van der Waals surface area (Å²) in [6.45, 7) is 1.81. The van der Waals surface area contributed by atoms with Crippen LogP contribution in [0.5, 0.6) is 34.8 Å². The Balaban J connectivity index is 1.20. The van der Waals surface area contributed by atoms with E-state index in [2.05, 4.69) is 4.98 Å². The number of nitrogens with zero attached hydrogens (tertiary/aromatic N) is 3. The first-order valence-corrected chi connectivity index (χ1v) is 17.9. The summed E-state index contributed by atoms with van der Waals surface area (Å²) in [5.74, 6) is 3.32. The van der Waals surface area contributed by atoms with Crippen molar-refractivity contribution in [1.82, 2.24) is 14.8 Å². The van der Waals surface area contributed by atoms with Gasteiger partial charge in [0.1, 0.15) is 42.8 Å². The topological polar surface area (TPSA) is 127 Å². The van der Waals surface area contributed by atoms with E-state index in [0.717, 1.165) is 22.3 Å². The number of benzene rings is 4. The fraction of sp³-hybridized carbons (Fsp3) is 0.279. The molecule has 0 spiro atoms. The second kappa shape index (κ2) is 21.4. The van der Waals surface area contributed by atoms with Crippen LogP contribution in [-0.4, -0.2) is 81.8 Å². The number of ether oxygens (including phenoxy) is 8. The van der Waals surface area contributed by atoms with Crippen molar-refractivity contribution in [3.8, 4) is 34.8 Å². The molecule has 5 rings (SSSR count). The van der Waals surface area contributed by atoms with Gasteiger partial charge in [0.05, 0.1) is 28.4 Å². The Hall–Kier alpha value is -6.47. The van der Waals surface area contributed by atoms with Gasteiger partial charge >= 0.3 is 6.09 Å². The molecule has 1 aromatic heterocycles. The smallest absolute Gasteiger partial charge is 0.410 e. The zero-order chi connectivity index (χ0) is 39.5. The minimum Gasteiger partial charge on any atom is -0.497 e. The van der Waals surface area contributed by atoms with Crippen LogP contribution in [0.25, 0.3) is 0 Å². The van der Waals surface area contributed by atoms with Crippen LogP contribution in [0.3, 0.4) is 0 Å². The second-order valence-corrected chi connectivity index (χ2v) is 12.4. The molecule has 4 aromatic carbocycles. The summed E-state index contributed by atoms with van der Waals surface area (Å²) in [5, 5.41) is 0. The highest BCUT2D eigenvalue weighted by molar-refractivity contribution is 5.67. The van der Waals surface area contributed by atoms with Gasteiger partial charge in [-0.25, -0.2) is 4.79 Å². The molecule has 1 atom stereocenters. The van der Waals surface area contributed by atoms with Crippen molar-refractivity contribution in [2.24, 2.45) is 0 Å². The molecule has 5 aromatic rings. The Kier molecular flexibility index (Phi) is 15.6. The first-order valence-electron chi connectivity index (χ1n) is 17.9. The van der Waals surface area contributed by atoms with Crippen molar-refractivity contribution >= 4 is 12.6 Å². The number of carbonyl (C=O) groups is 2. The van der Waals surface area contributed by atoms with Gasteiger partial charge in [0.2, 0.25) is 11.8 Å². The van der Waals surface area contributed by atoms with Gasteiger partial charge in [0, 0.05) is 38.3 Å². The quantitative estimate of drug-likeness (QED) is 0.0413. The van der Waals surface area contributed by atoms with E-state index in [4.69, 9.17) is 37.9 Å². The largest absolute Gasteiger partial charge is 0.497 e. The van der Waals surface area contributed by atoms with Gasteiger partial charge in [-0.1, -0.05) is 54.6 Å². The lowest BCUT2D eigenvalue weighted by atomic mass is 10.1. The lowest BCUT2D eigenvalue weighted by Gasteiger charge is -2.30. The Morgan fingerprint density at radius 2 is 1.02 bits per heavy atom. The lowest BCUT2D eigenvalue weighted by Crippen LogP contribution is -2.40. The number of rotatable bonds is 22. The normalized spacial score (nSPS) is 11.2. The third kappa shape index (κ3) is 12.6. The first-order chi connectivity index (χ1) is 27.4. The maximum atomic E-state index is 13.4. The van der Waals surface area contributed by atoms with E-state index in [-0.39, 0.29) is 31.6 Å². The van der Waals surface area contributed by atoms with E-state index in [1.165, 1.54) is 0 Å². The van der Waals surface area contributed by atoms with Crippen molar-refractivity contribution in [2.45, 2.75) is 32.4 Å². The third-order valence-corrected chi connectivity index (χ3v) is 8.56. The number of methoxy groups -OCH3 is 4. The maximum absolute atomic E-state index is 13.4. The van der Waals surface area contributed by atoms with Crippen LogP contribution in [0.1, 0.15) is 22.3 Å². The molecule has 13 heteroatoms. The van der Waals surface area contributed by atoms with Crippen molar-refractivity contribution < 1.29 is 47.5 Å². The first kappa shape index (κ1) is 40.7. The van der Waals surface area contributed by atoms with Gasteiger partial charge in [-0.3, -0.25) is 14.6 Å². The van der Waals surface area contributed by atoms with E-state index in [1.54, 1.807) is 51.5 Å². The molecular formula is C43H47N3O10. The highest BCUT2D eigenvalue weighted by Crippen LogP contribution is 2.23. The zero-order valence-corrected chi connectivity index (χ0v) is 32.0. The summed E-state index contributed by atoms with van der Waals surface area (Å²) in [7, 11) is 6.42. The predicted molar refractivity (Wildman–Crippen MR) is 208 cm³/mol. The SMILES string of the molecule is COc1cccc(CN(Cc2cccc(OC)c2)C(=O)OCCOc2cccc(OCC(OC=O)N(Cc3cccc(OC)c3)Cc3cccc(OC)c3)n2)c1. The van der Waals surface area contributed by atoms with Gasteiger partial charge < -0.3 is 37.9 Å². The van der Waals surface area contributed by atoms with Gasteiger partial charge in [0.15, 0.2) is 6.23 Å². The fourth-order valence-electron chi connectivity index (χ4n) is 5.81. The number of aromatic nitrogens is 1. The number of carbonyl (C=O) groups excluding carboxylic acids is 2. The summed E-state index contributed by atoms with van der Waals surface area (Å²) >= 11 is 0. The summed E-state index contributed by atoms with van der Waals surface area (Å²) in [5.41, 5.74) is 3.66. The molecule has 0 aliphatic heterocycles. The summed E-state index contributed by atoms with van der Waals surface area (Å²) in [4.78, 5) is 33.1. The Morgan fingerprint density at radius 3 is 1.46 bits per heavy atom. The second-order valence-electron chi connectivity index (χ2n) is 12.4. The molecule has 0 radical (unpaired) electrons. The summed E-state index contributed by atoms with van der Waals surface area (Å²) in [6.07, 6.45) is -1.30. The molecule has 1 heterocycles. The number of hydrogen-bond donors (Lipinski definition) is 0. The number of hydrogen-bond acceptors (Lipinski definition) is 12. The maximum Gasteiger partial charge on any atom is 0.410 e. The molecule has 0 fully saturated rings. The summed E-state index contributed by atoms with van der Waals surface area (Å²) < 4.78 is 44.7. The van der Waals surface area contributed by atoms with Crippen molar-refractivity contribution in [3.05, 3.63) is 138 Å². The van der Waals surface area contributed by atoms with Crippen molar-refractivity contribution in [2.75, 3.05) is 48.3 Å². The van der Waals surface area contributed by atoms with Crippen LogP contribution in [0.4, 0.5) is 4.79 Å². The van der Waals surface area contributed by atoms with Crippen molar-refractivity contribution in [1.29, 1.82) is 0 Å². The van der Waals surface area contributed by atoms with Crippen LogP contribution >= 0.6 is 0 Å². The molecule has 0 saturated heterocycles. The van der Waals surface area contributed by atoms with Gasteiger partial charge in [0.25, 0.3) is 6.47 Å². The molecular weight excluding hydrogens is 718 g/mol. The Labute approximate surface area is 327 Å². The third-order valence-electron chi connectivity index (χ3n) is 8.56. The van der Waals surface area contributed by atoms with Crippen LogP contribution in [0, 0.1) is 0 Å². The van der Waals surface area contributed by atoms with E-state index < -0.39 is 12.3 Å².